The van der Waals surface area contributed by atoms with Gasteiger partial charge in [-0.15, -0.1) is 0 Å². The summed E-state index contributed by atoms with van der Waals surface area (Å²) in [5.41, 5.74) is 0. The van der Waals surface area contributed by atoms with Gasteiger partial charge in [-0.2, -0.15) is 0 Å². The van der Waals surface area contributed by atoms with Gasteiger partial charge in [0.2, 0.25) is 0 Å². The maximum absolute atomic E-state index is 13.1. The predicted octanol–water partition coefficient (Wildman–Crippen LogP) is 21.2. The molecule has 0 aromatic carbocycles. The lowest BCUT2D eigenvalue weighted by Crippen LogP contribution is -2.30. The van der Waals surface area contributed by atoms with E-state index in [1.54, 1.807) is 0 Å². The number of ether oxygens (including phenoxy) is 4. The molecule has 0 saturated carbocycles. The van der Waals surface area contributed by atoms with Crippen LogP contribution in [0.1, 0.15) is 375 Å². The average molecular weight is 1350 g/mol. The van der Waals surface area contributed by atoms with Gasteiger partial charge in [0.25, 0.3) is 0 Å². The molecule has 0 saturated heterocycles. The maximum Gasteiger partial charge on any atom is 0.472 e. The Hall–Kier alpha value is -1.94. The van der Waals surface area contributed by atoms with E-state index in [2.05, 4.69) is 41.5 Å². The summed E-state index contributed by atoms with van der Waals surface area (Å²) in [6, 6.07) is 0. The second-order valence-electron chi connectivity index (χ2n) is 27.3. The lowest BCUT2D eigenvalue weighted by molar-refractivity contribution is -0.161. The van der Waals surface area contributed by atoms with Gasteiger partial charge in [0.05, 0.1) is 26.4 Å². The van der Waals surface area contributed by atoms with Crippen molar-refractivity contribution in [2.24, 2.45) is 11.8 Å². The number of phosphoric acid groups is 2. The number of carbonyl (C=O) groups is 4. The Morgan fingerprint density at radius 2 is 0.500 bits per heavy atom. The van der Waals surface area contributed by atoms with Crippen molar-refractivity contribution in [3.05, 3.63) is 0 Å². The maximum atomic E-state index is 13.1. The van der Waals surface area contributed by atoms with Gasteiger partial charge in [-0.05, 0) is 37.5 Å². The molecule has 0 bridgehead atoms. The number of hydrogen-bond acceptors (Lipinski definition) is 15. The number of aliphatic hydroxyl groups is 1. The van der Waals surface area contributed by atoms with E-state index in [-0.39, 0.29) is 25.7 Å². The van der Waals surface area contributed by atoms with E-state index in [1.807, 2.05) is 0 Å². The fraction of sp³-hybridized carbons (Fsp3) is 0.945. The zero-order chi connectivity index (χ0) is 67.9. The largest absolute Gasteiger partial charge is 0.472 e. The van der Waals surface area contributed by atoms with Crippen LogP contribution in [0.15, 0.2) is 0 Å². The summed E-state index contributed by atoms with van der Waals surface area (Å²) in [6.07, 6.45) is 51.4. The zero-order valence-electron chi connectivity index (χ0n) is 59.9. The van der Waals surface area contributed by atoms with Gasteiger partial charge in [-0.25, -0.2) is 9.13 Å². The monoisotopic (exact) mass is 1350 g/mol. The van der Waals surface area contributed by atoms with Gasteiger partial charge in [-0.3, -0.25) is 37.3 Å². The molecule has 5 atom stereocenters. The van der Waals surface area contributed by atoms with Crippen LogP contribution in [0.5, 0.6) is 0 Å². The SMILES string of the molecule is CCCCCCCCCCCCCC(=O)O[C@H](COC(=O)CCCCCCCCC)COP(=O)(O)OC[C@H](O)COP(=O)(O)OC[C@@H](COC(=O)CCCCCCCCCCCCCCC(C)C)OC(=O)CCCCCCCCCCCCCCCCCCC(C)C. The number of aliphatic hydroxyl groups excluding tert-OH is 1. The minimum absolute atomic E-state index is 0.107. The van der Waals surface area contributed by atoms with Gasteiger partial charge in [0.1, 0.15) is 19.3 Å². The first-order valence-corrected chi connectivity index (χ1v) is 41.0. The molecule has 0 rings (SSSR count). The molecule has 0 amide bonds. The van der Waals surface area contributed by atoms with Crippen LogP contribution in [0.3, 0.4) is 0 Å². The molecule has 17 nitrogen and oxygen atoms in total. The molecule has 0 aliphatic rings. The molecule has 0 radical (unpaired) electrons. The highest BCUT2D eigenvalue weighted by Gasteiger charge is 2.30. The molecule has 0 aliphatic carbocycles. The molecule has 0 fully saturated rings. The van der Waals surface area contributed by atoms with Crippen molar-refractivity contribution in [1.82, 2.24) is 0 Å². The van der Waals surface area contributed by atoms with E-state index in [9.17, 15) is 43.2 Å². The topological polar surface area (TPSA) is 237 Å². The van der Waals surface area contributed by atoms with E-state index in [4.69, 9.17) is 37.0 Å². The first-order chi connectivity index (χ1) is 44.4. The molecule has 0 spiro atoms. The second kappa shape index (κ2) is 65.0. The van der Waals surface area contributed by atoms with E-state index >= 15 is 0 Å². The van der Waals surface area contributed by atoms with Crippen LogP contribution in [0.4, 0.5) is 0 Å². The molecule has 92 heavy (non-hydrogen) atoms. The Balaban J connectivity index is 5.18. The quantitative estimate of drug-likeness (QED) is 0.0222. The zero-order valence-corrected chi connectivity index (χ0v) is 61.6. The Labute approximate surface area is 562 Å². The van der Waals surface area contributed by atoms with Crippen LogP contribution in [-0.2, 0) is 65.4 Å². The molecule has 19 heteroatoms. The molecule has 546 valence electrons. The van der Waals surface area contributed by atoms with Gasteiger partial charge < -0.3 is 33.8 Å². The predicted molar refractivity (Wildman–Crippen MR) is 372 cm³/mol. The second-order valence-corrected chi connectivity index (χ2v) is 30.2. The highest BCUT2D eigenvalue weighted by molar-refractivity contribution is 7.47. The Morgan fingerprint density at radius 3 is 0.739 bits per heavy atom. The summed E-state index contributed by atoms with van der Waals surface area (Å²) >= 11 is 0. The normalized spacial score (nSPS) is 14.1. The number of phosphoric ester groups is 2. The summed E-state index contributed by atoms with van der Waals surface area (Å²) in [6.45, 7) is 9.57. The Kier molecular flexibility index (Phi) is 63.7. The van der Waals surface area contributed by atoms with Gasteiger partial charge >= 0.3 is 39.5 Å². The smallest absolute Gasteiger partial charge is 0.462 e. The van der Waals surface area contributed by atoms with Gasteiger partial charge in [-0.1, -0.05) is 324 Å². The molecule has 2 unspecified atom stereocenters. The van der Waals surface area contributed by atoms with Crippen LogP contribution < -0.4 is 0 Å². The molecular weight excluding hydrogens is 1210 g/mol. The van der Waals surface area contributed by atoms with E-state index in [1.165, 1.54) is 180 Å². The lowest BCUT2D eigenvalue weighted by Gasteiger charge is -2.21. The van der Waals surface area contributed by atoms with Crippen molar-refractivity contribution >= 4 is 39.5 Å². The number of esters is 4. The van der Waals surface area contributed by atoms with E-state index < -0.39 is 97.5 Å². The highest BCUT2D eigenvalue weighted by Crippen LogP contribution is 2.45. The van der Waals surface area contributed by atoms with Crippen molar-refractivity contribution in [3.63, 3.8) is 0 Å². The summed E-state index contributed by atoms with van der Waals surface area (Å²) in [7, 11) is -9.90. The first-order valence-electron chi connectivity index (χ1n) is 38.0. The number of unbranched alkanes of at least 4 members (excludes halogenated alkanes) is 42. The molecule has 0 aromatic heterocycles. The molecule has 0 heterocycles. The third kappa shape index (κ3) is 66.7. The third-order valence-corrected chi connectivity index (χ3v) is 18.9. The summed E-state index contributed by atoms with van der Waals surface area (Å²) < 4.78 is 68.3. The van der Waals surface area contributed by atoms with Crippen molar-refractivity contribution in [3.8, 4) is 0 Å². The van der Waals surface area contributed by atoms with Crippen molar-refractivity contribution in [2.75, 3.05) is 39.6 Å². The summed E-state index contributed by atoms with van der Waals surface area (Å²) in [5, 5.41) is 10.6. The van der Waals surface area contributed by atoms with E-state index in [0.717, 1.165) is 115 Å². The first kappa shape index (κ1) is 90.1. The van der Waals surface area contributed by atoms with Crippen LogP contribution in [-0.4, -0.2) is 96.7 Å². The van der Waals surface area contributed by atoms with Crippen LogP contribution in [0, 0.1) is 11.8 Å². The third-order valence-electron chi connectivity index (χ3n) is 17.0. The Bertz CT molecular complexity index is 1790. The molecule has 3 N–H and O–H groups in total. The van der Waals surface area contributed by atoms with Crippen LogP contribution in [0.25, 0.3) is 0 Å². The average Bonchev–Trinajstić information content (AvgIpc) is 3.61. The van der Waals surface area contributed by atoms with Crippen LogP contribution in [0.2, 0.25) is 0 Å². The highest BCUT2D eigenvalue weighted by atomic mass is 31.2. The van der Waals surface area contributed by atoms with Crippen molar-refractivity contribution < 1.29 is 80.2 Å². The van der Waals surface area contributed by atoms with Crippen LogP contribution >= 0.6 is 15.6 Å². The minimum atomic E-state index is -4.95. The molecular formula is C73H142O17P2. The summed E-state index contributed by atoms with van der Waals surface area (Å²) in [4.78, 5) is 72.5. The number of rotatable bonds is 72. The molecule has 0 aliphatic heterocycles. The van der Waals surface area contributed by atoms with Crippen molar-refractivity contribution in [1.29, 1.82) is 0 Å². The summed E-state index contributed by atoms with van der Waals surface area (Å²) in [5.74, 6) is -0.532. The Morgan fingerprint density at radius 1 is 0.293 bits per heavy atom. The molecule has 0 aromatic rings. The van der Waals surface area contributed by atoms with Crippen molar-refractivity contribution in [2.45, 2.75) is 394 Å². The van der Waals surface area contributed by atoms with E-state index in [0.29, 0.717) is 25.7 Å². The fourth-order valence-corrected chi connectivity index (χ4v) is 12.7. The number of hydrogen-bond donors (Lipinski definition) is 3. The minimum Gasteiger partial charge on any atom is -0.462 e. The number of carbonyl (C=O) groups excluding carboxylic acids is 4. The van der Waals surface area contributed by atoms with Gasteiger partial charge in [0, 0.05) is 25.7 Å². The lowest BCUT2D eigenvalue weighted by atomic mass is 10.0. The fourth-order valence-electron chi connectivity index (χ4n) is 11.1. The van der Waals surface area contributed by atoms with Gasteiger partial charge in [0.15, 0.2) is 12.2 Å². The standard InChI is InChI=1S/C73H142O17P2/c1-7-9-11-13-15-16-25-33-39-45-51-57-72(77)89-68(61-83-70(75)55-49-43-35-14-12-10-8-2)63-87-91(79,80)85-59-67(74)60-86-92(81,82)88-64-69(62-84-71(76)56-50-44-38-32-28-24-23-27-31-37-42-48-54-66(5)6)90-73(78)58-52-46-40-34-29-22-20-18-17-19-21-26-30-36-41-47-53-65(3)4/h65-69,74H,7-64H2,1-6H3,(H,79,80)(H,81,82)/t67-,68+,69+/m0/s1.